The molecule has 16 heavy (non-hydrogen) atoms. The van der Waals surface area contributed by atoms with E-state index < -0.39 is 0 Å². The molecule has 0 aliphatic heterocycles. The lowest BCUT2D eigenvalue weighted by Crippen LogP contribution is -2.20. The van der Waals surface area contributed by atoms with Crippen molar-refractivity contribution in [1.82, 2.24) is 5.32 Å². The van der Waals surface area contributed by atoms with Gasteiger partial charge >= 0.3 is 0 Å². The van der Waals surface area contributed by atoms with Crippen LogP contribution in [0.4, 0.5) is 0 Å². The molecule has 1 aromatic rings. The first kappa shape index (κ1) is 13.0. The minimum Gasteiger partial charge on any atom is -0.496 e. The van der Waals surface area contributed by atoms with Crippen molar-refractivity contribution in [2.45, 2.75) is 27.0 Å². The lowest BCUT2D eigenvalue weighted by molar-refractivity contribution is 0.0780. The van der Waals surface area contributed by atoms with Crippen LogP contribution in [0.15, 0.2) is 6.07 Å². The van der Waals surface area contributed by atoms with Crippen molar-refractivity contribution in [1.29, 1.82) is 0 Å². The zero-order valence-corrected chi connectivity index (χ0v) is 11.0. The molecule has 0 saturated carbocycles. The van der Waals surface area contributed by atoms with Gasteiger partial charge in [0.05, 0.1) is 7.11 Å². The summed E-state index contributed by atoms with van der Waals surface area (Å²) in [5.74, 6) is 0.915. The van der Waals surface area contributed by atoms with Crippen molar-refractivity contribution in [2.24, 2.45) is 0 Å². The Morgan fingerprint density at radius 3 is 2.19 bits per heavy atom. The van der Waals surface area contributed by atoms with E-state index in [2.05, 4.69) is 32.2 Å². The fourth-order valence-electron chi connectivity index (χ4n) is 2.04. The normalized spacial score (nSPS) is 12.6. The second-order valence-electron chi connectivity index (χ2n) is 3.99. The van der Waals surface area contributed by atoms with E-state index in [-0.39, 0.29) is 6.23 Å². The predicted molar refractivity (Wildman–Crippen MR) is 66.0 cm³/mol. The van der Waals surface area contributed by atoms with Gasteiger partial charge in [-0.15, -0.1) is 0 Å². The molecule has 1 rings (SSSR count). The Morgan fingerprint density at radius 2 is 1.75 bits per heavy atom. The van der Waals surface area contributed by atoms with Gasteiger partial charge in [0.25, 0.3) is 0 Å². The zero-order chi connectivity index (χ0) is 12.3. The first-order valence-corrected chi connectivity index (χ1v) is 5.41. The van der Waals surface area contributed by atoms with Crippen LogP contribution in [-0.4, -0.2) is 21.3 Å². The Balaban J connectivity index is 3.41. The minimum atomic E-state index is -0.130. The number of nitrogens with one attached hydrogen (secondary N) is 1. The summed E-state index contributed by atoms with van der Waals surface area (Å²) in [6.07, 6.45) is -0.130. The molecular formula is C13H21NO2. The maximum Gasteiger partial charge on any atom is 0.137 e. The number of ether oxygens (including phenoxy) is 2. The Morgan fingerprint density at radius 1 is 1.12 bits per heavy atom. The summed E-state index contributed by atoms with van der Waals surface area (Å²) in [5, 5.41) is 3.13. The zero-order valence-electron chi connectivity index (χ0n) is 11.0. The predicted octanol–water partition coefficient (Wildman–Crippen LogP) is 2.48. The standard InChI is InChI=1S/C13H21NO2/c1-8-7-9(2)11(13(14-4)16-6)12(15-5)10(8)3/h7,13-14H,1-6H3. The van der Waals surface area contributed by atoms with Crippen LogP contribution >= 0.6 is 0 Å². The van der Waals surface area contributed by atoms with E-state index in [0.717, 1.165) is 11.3 Å². The lowest BCUT2D eigenvalue weighted by atomic mass is 9.98. The van der Waals surface area contributed by atoms with Gasteiger partial charge in [-0.1, -0.05) is 6.07 Å². The topological polar surface area (TPSA) is 30.5 Å². The molecule has 0 amide bonds. The van der Waals surface area contributed by atoms with Gasteiger partial charge in [-0.2, -0.15) is 0 Å². The van der Waals surface area contributed by atoms with Crippen molar-refractivity contribution in [3.63, 3.8) is 0 Å². The van der Waals surface area contributed by atoms with Crippen molar-refractivity contribution in [3.05, 3.63) is 28.3 Å². The summed E-state index contributed by atoms with van der Waals surface area (Å²) in [4.78, 5) is 0. The van der Waals surface area contributed by atoms with Crippen LogP contribution in [0.5, 0.6) is 5.75 Å². The van der Waals surface area contributed by atoms with Gasteiger partial charge in [-0.3, -0.25) is 5.32 Å². The number of benzene rings is 1. The van der Waals surface area contributed by atoms with Crippen LogP contribution in [-0.2, 0) is 4.74 Å². The van der Waals surface area contributed by atoms with E-state index in [1.807, 2.05) is 7.05 Å². The highest BCUT2D eigenvalue weighted by Gasteiger charge is 2.19. The molecule has 0 saturated heterocycles. The van der Waals surface area contributed by atoms with E-state index in [9.17, 15) is 0 Å². The van der Waals surface area contributed by atoms with Gasteiger partial charge in [0.15, 0.2) is 0 Å². The molecule has 1 N–H and O–H groups in total. The third kappa shape index (κ3) is 2.20. The largest absolute Gasteiger partial charge is 0.496 e. The number of methoxy groups -OCH3 is 2. The highest BCUT2D eigenvalue weighted by Crippen LogP contribution is 2.34. The molecule has 0 spiro atoms. The summed E-state index contributed by atoms with van der Waals surface area (Å²) < 4.78 is 10.9. The summed E-state index contributed by atoms with van der Waals surface area (Å²) in [5.41, 5.74) is 4.67. The number of hydrogen-bond acceptors (Lipinski definition) is 3. The molecule has 1 unspecified atom stereocenters. The number of hydrogen-bond donors (Lipinski definition) is 1. The molecular weight excluding hydrogens is 202 g/mol. The molecule has 90 valence electrons. The Kier molecular flexibility index (Phi) is 4.33. The molecule has 0 heterocycles. The van der Waals surface area contributed by atoms with E-state index in [1.165, 1.54) is 16.7 Å². The summed E-state index contributed by atoms with van der Waals surface area (Å²) in [6, 6.07) is 2.16. The van der Waals surface area contributed by atoms with Gasteiger partial charge < -0.3 is 9.47 Å². The van der Waals surface area contributed by atoms with Crippen molar-refractivity contribution >= 4 is 0 Å². The van der Waals surface area contributed by atoms with Crippen LogP contribution in [0.25, 0.3) is 0 Å². The third-order valence-corrected chi connectivity index (χ3v) is 3.00. The second kappa shape index (κ2) is 5.32. The molecule has 1 aromatic carbocycles. The van der Waals surface area contributed by atoms with E-state index in [0.29, 0.717) is 0 Å². The van der Waals surface area contributed by atoms with Crippen molar-refractivity contribution in [2.75, 3.05) is 21.3 Å². The third-order valence-electron chi connectivity index (χ3n) is 3.00. The molecule has 0 aromatic heterocycles. The van der Waals surface area contributed by atoms with Crippen molar-refractivity contribution in [3.8, 4) is 5.75 Å². The van der Waals surface area contributed by atoms with Gasteiger partial charge in [-0.25, -0.2) is 0 Å². The lowest BCUT2D eigenvalue weighted by Gasteiger charge is -2.22. The maximum absolute atomic E-state index is 5.50. The van der Waals surface area contributed by atoms with E-state index in [1.54, 1.807) is 14.2 Å². The molecule has 0 bridgehead atoms. The van der Waals surface area contributed by atoms with Crippen LogP contribution in [0.1, 0.15) is 28.5 Å². The van der Waals surface area contributed by atoms with Crippen LogP contribution in [0.2, 0.25) is 0 Å². The van der Waals surface area contributed by atoms with Crippen LogP contribution in [0.3, 0.4) is 0 Å². The van der Waals surface area contributed by atoms with E-state index >= 15 is 0 Å². The quantitative estimate of drug-likeness (QED) is 0.795. The summed E-state index contributed by atoms with van der Waals surface area (Å²) in [7, 11) is 5.27. The molecule has 1 atom stereocenters. The van der Waals surface area contributed by atoms with Crippen molar-refractivity contribution < 1.29 is 9.47 Å². The molecule has 0 fully saturated rings. The minimum absolute atomic E-state index is 0.130. The summed E-state index contributed by atoms with van der Waals surface area (Å²) in [6.45, 7) is 6.24. The molecule has 0 aliphatic carbocycles. The highest BCUT2D eigenvalue weighted by atomic mass is 16.5. The first-order valence-electron chi connectivity index (χ1n) is 5.41. The smallest absolute Gasteiger partial charge is 0.137 e. The second-order valence-corrected chi connectivity index (χ2v) is 3.99. The van der Waals surface area contributed by atoms with Gasteiger partial charge in [0, 0.05) is 12.7 Å². The Hall–Kier alpha value is -1.06. The first-order chi connectivity index (χ1) is 7.56. The van der Waals surface area contributed by atoms with Crippen LogP contribution in [0, 0.1) is 20.8 Å². The Labute approximate surface area is 97.8 Å². The fourth-order valence-corrected chi connectivity index (χ4v) is 2.04. The number of rotatable bonds is 4. The Bertz CT molecular complexity index is 371. The molecule has 3 heteroatoms. The maximum atomic E-state index is 5.50. The highest BCUT2D eigenvalue weighted by molar-refractivity contribution is 5.50. The SMILES string of the molecule is CNC(OC)c1c(C)cc(C)c(C)c1OC. The summed E-state index contributed by atoms with van der Waals surface area (Å²) >= 11 is 0. The average molecular weight is 223 g/mol. The molecule has 3 nitrogen and oxygen atoms in total. The van der Waals surface area contributed by atoms with Gasteiger partial charge in [-0.05, 0) is 44.5 Å². The van der Waals surface area contributed by atoms with Gasteiger partial charge in [0.1, 0.15) is 12.0 Å². The van der Waals surface area contributed by atoms with Gasteiger partial charge in [0.2, 0.25) is 0 Å². The molecule has 0 radical (unpaired) electrons. The fraction of sp³-hybridized carbons (Fsp3) is 0.538. The van der Waals surface area contributed by atoms with E-state index in [4.69, 9.17) is 9.47 Å². The molecule has 0 aliphatic rings. The van der Waals surface area contributed by atoms with Crippen LogP contribution < -0.4 is 10.1 Å². The monoisotopic (exact) mass is 223 g/mol. The average Bonchev–Trinajstić information content (AvgIpc) is 2.27. The number of aryl methyl sites for hydroxylation is 2.